The molecule has 0 spiro atoms. The lowest BCUT2D eigenvalue weighted by molar-refractivity contribution is 0.0695. The summed E-state index contributed by atoms with van der Waals surface area (Å²) in [4.78, 5) is 22.9. The summed E-state index contributed by atoms with van der Waals surface area (Å²) in [6.45, 7) is 4.48. The molecule has 0 heterocycles. The van der Waals surface area contributed by atoms with Crippen molar-refractivity contribution in [1.82, 2.24) is 10.6 Å². The van der Waals surface area contributed by atoms with Crippen LogP contribution in [-0.2, 0) is 6.42 Å². The van der Waals surface area contributed by atoms with Crippen LogP contribution in [0.25, 0.3) is 0 Å². The number of carbonyl (C=O) groups excluding carboxylic acids is 1. The number of aromatic carboxylic acids is 1. The Morgan fingerprint density at radius 3 is 2.57 bits per heavy atom. The highest BCUT2D eigenvalue weighted by Gasteiger charge is 2.38. The van der Waals surface area contributed by atoms with E-state index in [0.29, 0.717) is 18.9 Å². The highest BCUT2D eigenvalue weighted by atomic mass is 16.4. The molecule has 1 fully saturated rings. The van der Waals surface area contributed by atoms with Crippen LogP contribution in [0.2, 0.25) is 0 Å². The van der Waals surface area contributed by atoms with E-state index in [1.165, 1.54) is 12.8 Å². The first-order valence-electron chi connectivity index (χ1n) is 7.27. The number of urea groups is 1. The summed E-state index contributed by atoms with van der Waals surface area (Å²) in [5.74, 6) is -0.374. The van der Waals surface area contributed by atoms with Gasteiger partial charge in [-0.2, -0.15) is 0 Å². The van der Waals surface area contributed by atoms with Crippen LogP contribution in [-0.4, -0.2) is 29.2 Å². The Kier molecular flexibility index (Phi) is 4.50. The van der Waals surface area contributed by atoms with E-state index in [0.717, 1.165) is 5.56 Å². The summed E-state index contributed by atoms with van der Waals surface area (Å²) in [6, 6.07) is 6.66. The Labute approximate surface area is 124 Å². The van der Waals surface area contributed by atoms with Crippen molar-refractivity contribution in [3.05, 3.63) is 35.4 Å². The normalized spacial score (nSPS) is 14.6. The molecule has 0 radical (unpaired) electrons. The zero-order valence-electron chi connectivity index (χ0n) is 12.5. The van der Waals surface area contributed by atoms with Gasteiger partial charge in [0.2, 0.25) is 0 Å². The maximum Gasteiger partial charge on any atom is 0.335 e. The van der Waals surface area contributed by atoms with Crippen LogP contribution in [0, 0.1) is 5.92 Å². The fourth-order valence-electron chi connectivity index (χ4n) is 2.50. The summed E-state index contributed by atoms with van der Waals surface area (Å²) in [5.41, 5.74) is 0.841. The van der Waals surface area contributed by atoms with Gasteiger partial charge >= 0.3 is 12.0 Å². The second-order valence-electron chi connectivity index (χ2n) is 6.09. The van der Waals surface area contributed by atoms with Gasteiger partial charge in [-0.15, -0.1) is 0 Å². The molecule has 5 heteroatoms. The second kappa shape index (κ2) is 6.16. The summed E-state index contributed by atoms with van der Waals surface area (Å²) in [6.07, 6.45) is 2.83. The van der Waals surface area contributed by atoms with Gasteiger partial charge in [-0.3, -0.25) is 0 Å². The first kappa shape index (κ1) is 15.4. The third-order valence-corrected chi connectivity index (χ3v) is 3.96. The Hall–Kier alpha value is -2.04. The molecule has 1 aromatic rings. The molecule has 0 atom stereocenters. The predicted molar refractivity (Wildman–Crippen MR) is 80.4 cm³/mol. The molecule has 0 saturated heterocycles. The zero-order valence-corrected chi connectivity index (χ0v) is 12.5. The Bertz CT molecular complexity index is 536. The van der Waals surface area contributed by atoms with Gasteiger partial charge in [-0.05, 0) is 50.7 Å². The summed E-state index contributed by atoms with van der Waals surface area (Å²) >= 11 is 0. The largest absolute Gasteiger partial charge is 0.478 e. The molecule has 5 nitrogen and oxygen atoms in total. The van der Waals surface area contributed by atoms with E-state index in [2.05, 4.69) is 10.6 Å². The SMILES string of the molecule is CC(C)(NC(=O)NCCc1ccccc1C(=O)O)C1CC1. The molecular formula is C16H22N2O3. The summed E-state index contributed by atoms with van der Waals surface area (Å²) in [7, 11) is 0. The molecule has 2 amide bonds. The number of hydrogen-bond acceptors (Lipinski definition) is 2. The molecule has 1 aliphatic carbocycles. The third-order valence-electron chi connectivity index (χ3n) is 3.96. The van der Waals surface area contributed by atoms with Gasteiger partial charge < -0.3 is 15.7 Å². The molecule has 3 N–H and O–H groups in total. The van der Waals surface area contributed by atoms with Crippen LogP contribution in [0.5, 0.6) is 0 Å². The van der Waals surface area contributed by atoms with Gasteiger partial charge in [0, 0.05) is 12.1 Å². The van der Waals surface area contributed by atoms with Crippen molar-refractivity contribution in [3.8, 4) is 0 Å². The lowest BCUT2D eigenvalue weighted by Gasteiger charge is -2.26. The monoisotopic (exact) mass is 290 g/mol. The van der Waals surface area contributed by atoms with Crippen molar-refractivity contribution in [2.24, 2.45) is 5.92 Å². The average molecular weight is 290 g/mol. The number of rotatable bonds is 6. The van der Waals surface area contributed by atoms with Crippen LogP contribution in [0.3, 0.4) is 0 Å². The number of carboxylic acid groups (broad SMARTS) is 1. The van der Waals surface area contributed by atoms with Crippen molar-refractivity contribution in [2.45, 2.75) is 38.6 Å². The highest BCUT2D eigenvalue weighted by molar-refractivity contribution is 5.89. The van der Waals surface area contributed by atoms with Gasteiger partial charge in [0.15, 0.2) is 0 Å². The highest BCUT2D eigenvalue weighted by Crippen LogP contribution is 2.39. The van der Waals surface area contributed by atoms with Crippen LogP contribution < -0.4 is 10.6 Å². The summed E-state index contributed by atoms with van der Waals surface area (Å²) < 4.78 is 0. The van der Waals surface area contributed by atoms with Gasteiger partial charge in [0.05, 0.1) is 5.56 Å². The maximum absolute atomic E-state index is 11.9. The smallest absolute Gasteiger partial charge is 0.335 e. The minimum Gasteiger partial charge on any atom is -0.478 e. The van der Waals surface area contributed by atoms with Gasteiger partial charge in [0.25, 0.3) is 0 Å². The molecule has 1 aliphatic rings. The third kappa shape index (κ3) is 4.21. The van der Waals surface area contributed by atoms with Crippen LogP contribution in [0.15, 0.2) is 24.3 Å². The van der Waals surface area contributed by atoms with Crippen LogP contribution in [0.1, 0.15) is 42.6 Å². The molecule has 0 bridgehead atoms. The fourth-order valence-corrected chi connectivity index (χ4v) is 2.50. The van der Waals surface area contributed by atoms with Crippen LogP contribution in [0.4, 0.5) is 4.79 Å². The molecule has 2 rings (SSSR count). The maximum atomic E-state index is 11.9. The van der Waals surface area contributed by atoms with E-state index in [9.17, 15) is 9.59 Å². The molecule has 114 valence electrons. The summed E-state index contributed by atoms with van der Waals surface area (Å²) in [5, 5.41) is 14.9. The van der Waals surface area contributed by atoms with Crippen molar-refractivity contribution in [3.63, 3.8) is 0 Å². The van der Waals surface area contributed by atoms with Gasteiger partial charge in [-0.1, -0.05) is 18.2 Å². The number of amides is 2. The van der Waals surface area contributed by atoms with E-state index in [4.69, 9.17) is 5.11 Å². The fraction of sp³-hybridized carbons (Fsp3) is 0.500. The molecule has 1 saturated carbocycles. The van der Waals surface area contributed by atoms with Gasteiger partial charge in [0.1, 0.15) is 0 Å². The molecule has 1 aromatic carbocycles. The second-order valence-corrected chi connectivity index (χ2v) is 6.09. The van der Waals surface area contributed by atoms with Gasteiger partial charge in [-0.25, -0.2) is 9.59 Å². The Balaban J connectivity index is 1.81. The molecule has 0 aliphatic heterocycles. The lowest BCUT2D eigenvalue weighted by atomic mass is 9.99. The van der Waals surface area contributed by atoms with Crippen molar-refractivity contribution in [1.29, 1.82) is 0 Å². The number of benzene rings is 1. The Morgan fingerprint density at radius 1 is 1.29 bits per heavy atom. The molecule has 21 heavy (non-hydrogen) atoms. The number of carboxylic acids is 1. The van der Waals surface area contributed by atoms with E-state index in [1.807, 2.05) is 13.8 Å². The minimum atomic E-state index is -0.940. The topological polar surface area (TPSA) is 78.4 Å². The quantitative estimate of drug-likeness (QED) is 0.753. The zero-order chi connectivity index (χ0) is 15.5. The minimum absolute atomic E-state index is 0.178. The first-order chi connectivity index (χ1) is 9.90. The molecule has 0 unspecified atom stereocenters. The van der Waals surface area contributed by atoms with E-state index in [-0.39, 0.29) is 17.1 Å². The first-order valence-corrected chi connectivity index (χ1v) is 7.27. The van der Waals surface area contributed by atoms with E-state index >= 15 is 0 Å². The Morgan fingerprint density at radius 2 is 1.95 bits per heavy atom. The number of carbonyl (C=O) groups is 2. The average Bonchev–Trinajstić information content (AvgIpc) is 3.23. The van der Waals surface area contributed by atoms with Crippen molar-refractivity contribution >= 4 is 12.0 Å². The molecular weight excluding hydrogens is 268 g/mol. The molecule has 0 aromatic heterocycles. The van der Waals surface area contributed by atoms with Crippen molar-refractivity contribution in [2.75, 3.05) is 6.54 Å². The number of nitrogens with one attached hydrogen (secondary N) is 2. The predicted octanol–water partition coefficient (Wildman–Crippen LogP) is 2.42. The van der Waals surface area contributed by atoms with E-state index < -0.39 is 5.97 Å². The van der Waals surface area contributed by atoms with Crippen LogP contribution >= 0.6 is 0 Å². The van der Waals surface area contributed by atoms with E-state index in [1.54, 1.807) is 24.3 Å². The standard InChI is InChI=1S/C16H22N2O3/c1-16(2,12-7-8-12)18-15(21)17-10-9-11-5-3-4-6-13(11)14(19)20/h3-6,12H,7-10H2,1-2H3,(H,19,20)(H2,17,18,21). The lowest BCUT2D eigenvalue weighted by Crippen LogP contribution is -2.50. The number of hydrogen-bond donors (Lipinski definition) is 3. The van der Waals surface area contributed by atoms with Crippen molar-refractivity contribution < 1.29 is 14.7 Å².